The Bertz CT molecular complexity index is 152. The molecule has 0 bridgehead atoms. The first-order valence-electron chi connectivity index (χ1n) is 6.20. The zero-order valence-electron chi connectivity index (χ0n) is 10.5. The van der Waals surface area contributed by atoms with Crippen LogP contribution in [0, 0.1) is 0 Å². The third-order valence-electron chi connectivity index (χ3n) is 3.32. The van der Waals surface area contributed by atoms with Crippen LogP contribution in [0.1, 0.15) is 32.6 Å². The number of nitrogens with zero attached hydrogens (tertiary/aromatic N) is 1. The standard InChI is InChI=1S/C12H26N2O/c1-4-13-11(10-15-3)9-14(2)12-7-5-6-8-12/h11-13H,4-10H2,1-3H3. The van der Waals surface area contributed by atoms with E-state index in [1.807, 2.05) is 0 Å². The van der Waals surface area contributed by atoms with E-state index in [-0.39, 0.29) is 0 Å². The molecule has 1 atom stereocenters. The summed E-state index contributed by atoms with van der Waals surface area (Å²) in [5.41, 5.74) is 0. The summed E-state index contributed by atoms with van der Waals surface area (Å²) >= 11 is 0. The van der Waals surface area contributed by atoms with E-state index in [1.165, 1.54) is 25.7 Å². The lowest BCUT2D eigenvalue weighted by molar-refractivity contribution is 0.133. The van der Waals surface area contributed by atoms with Crippen LogP contribution in [0.5, 0.6) is 0 Å². The molecule has 0 spiro atoms. The lowest BCUT2D eigenvalue weighted by Gasteiger charge is -2.28. The SMILES string of the molecule is CCNC(COC)CN(C)C1CCCC1. The van der Waals surface area contributed by atoms with Gasteiger partial charge in [0.05, 0.1) is 6.61 Å². The van der Waals surface area contributed by atoms with Gasteiger partial charge < -0.3 is 15.0 Å². The van der Waals surface area contributed by atoms with Gasteiger partial charge in [0.15, 0.2) is 0 Å². The van der Waals surface area contributed by atoms with E-state index >= 15 is 0 Å². The van der Waals surface area contributed by atoms with Gasteiger partial charge in [-0.05, 0) is 26.4 Å². The van der Waals surface area contributed by atoms with Gasteiger partial charge in [-0.25, -0.2) is 0 Å². The van der Waals surface area contributed by atoms with Crippen LogP contribution in [0.15, 0.2) is 0 Å². The van der Waals surface area contributed by atoms with Crippen molar-refractivity contribution < 1.29 is 4.74 Å². The zero-order chi connectivity index (χ0) is 11.1. The molecule has 0 radical (unpaired) electrons. The second kappa shape index (κ2) is 7.20. The number of likely N-dealkylation sites (N-methyl/N-ethyl adjacent to an activating group) is 2. The minimum Gasteiger partial charge on any atom is -0.383 e. The Morgan fingerprint density at radius 1 is 1.40 bits per heavy atom. The average Bonchev–Trinajstić information content (AvgIpc) is 2.71. The summed E-state index contributed by atoms with van der Waals surface area (Å²) in [6.45, 7) is 5.09. The molecule has 0 aromatic rings. The molecule has 0 aliphatic heterocycles. The molecule has 1 aliphatic rings. The Balaban J connectivity index is 2.28. The highest BCUT2D eigenvalue weighted by atomic mass is 16.5. The summed E-state index contributed by atoms with van der Waals surface area (Å²) in [5.74, 6) is 0. The Morgan fingerprint density at radius 2 is 2.07 bits per heavy atom. The molecule has 0 aromatic heterocycles. The first-order chi connectivity index (χ1) is 7.27. The summed E-state index contributed by atoms with van der Waals surface area (Å²) in [6, 6.07) is 1.29. The number of hydrogen-bond acceptors (Lipinski definition) is 3. The van der Waals surface area contributed by atoms with Crippen LogP contribution in [-0.2, 0) is 4.74 Å². The number of ether oxygens (including phenoxy) is 1. The zero-order valence-corrected chi connectivity index (χ0v) is 10.5. The third-order valence-corrected chi connectivity index (χ3v) is 3.32. The normalized spacial score (nSPS) is 20.0. The fourth-order valence-corrected chi connectivity index (χ4v) is 2.51. The van der Waals surface area contributed by atoms with E-state index in [2.05, 4.69) is 24.2 Å². The minimum atomic E-state index is 0.477. The van der Waals surface area contributed by atoms with Gasteiger partial charge >= 0.3 is 0 Å². The first-order valence-corrected chi connectivity index (χ1v) is 6.20. The van der Waals surface area contributed by atoms with E-state index in [0.717, 1.165) is 25.7 Å². The quantitative estimate of drug-likeness (QED) is 0.695. The van der Waals surface area contributed by atoms with Crippen LogP contribution >= 0.6 is 0 Å². The molecule has 1 rings (SSSR count). The predicted molar refractivity (Wildman–Crippen MR) is 64.2 cm³/mol. The van der Waals surface area contributed by atoms with Crippen molar-refractivity contribution >= 4 is 0 Å². The maximum Gasteiger partial charge on any atom is 0.0628 e. The largest absolute Gasteiger partial charge is 0.383 e. The molecule has 1 N–H and O–H groups in total. The molecule has 1 unspecified atom stereocenters. The second-order valence-electron chi connectivity index (χ2n) is 4.59. The molecule has 0 saturated heterocycles. The summed E-state index contributed by atoms with van der Waals surface area (Å²) in [4.78, 5) is 2.50. The molecule has 1 aliphatic carbocycles. The van der Waals surface area contributed by atoms with Crippen molar-refractivity contribution in [3.05, 3.63) is 0 Å². The van der Waals surface area contributed by atoms with Crippen LogP contribution in [0.25, 0.3) is 0 Å². The van der Waals surface area contributed by atoms with Gasteiger partial charge in [0.1, 0.15) is 0 Å². The fourth-order valence-electron chi connectivity index (χ4n) is 2.51. The monoisotopic (exact) mass is 214 g/mol. The van der Waals surface area contributed by atoms with Gasteiger partial charge in [0.2, 0.25) is 0 Å². The number of nitrogens with one attached hydrogen (secondary N) is 1. The number of methoxy groups -OCH3 is 1. The Kier molecular flexibility index (Phi) is 6.22. The molecule has 15 heavy (non-hydrogen) atoms. The van der Waals surface area contributed by atoms with Gasteiger partial charge in [-0.2, -0.15) is 0 Å². The van der Waals surface area contributed by atoms with Crippen molar-refractivity contribution in [2.45, 2.75) is 44.7 Å². The van der Waals surface area contributed by atoms with Crippen molar-refractivity contribution in [1.29, 1.82) is 0 Å². The Labute approximate surface area is 94.2 Å². The summed E-state index contributed by atoms with van der Waals surface area (Å²) in [7, 11) is 4.02. The van der Waals surface area contributed by atoms with Gasteiger partial charge in [-0.1, -0.05) is 19.8 Å². The molecule has 1 saturated carbocycles. The highest BCUT2D eigenvalue weighted by Gasteiger charge is 2.21. The Morgan fingerprint density at radius 3 is 2.60 bits per heavy atom. The summed E-state index contributed by atoms with van der Waals surface area (Å²) in [6.07, 6.45) is 5.57. The van der Waals surface area contributed by atoms with Gasteiger partial charge in [-0.3, -0.25) is 0 Å². The number of rotatable bonds is 7. The fraction of sp³-hybridized carbons (Fsp3) is 1.00. The highest BCUT2D eigenvalue weighted by Crippen LogP contribution is 2.22. The van der Waals surface area contributed by atoms with E-state index in [9.17, 15) is 0 Å². The second-order valence-corrected chi connectivity index (χ2v) is 4.59. The molecule has 1 fully saturated rings. The lowest BCUT2D eigenvalue weighted by atomic mass is 10.2. The van der Waals surface area contributed by atoms with Crippen molar-refractivity contribution in [3.8, 4) is 0 Å². The van der Waals surface area contributed by atoms with Crippen molar-refractivity contribution in [2.24, 2.45) is 0 Å². The Hall–Kier alpha value is -0.120. The third kappa shape index (κ3) is 4.49. The van der Waals surface area contributed by atoms with Crippen LogP contribution in [0.4, 0.5) is 0 Å². The molecule has 90 valence electrons. The molecule has 0 heterocycles. The van der Waals surface area contributed by atoms with E-state index in [0.29, 0.717) is 6.04 Å². The van der Waals surface area contributed by atoms with Crippen molar-refractivity contribution in [1.82, 2.24) is 10.2 Å². The van der Waals surface area contributed by atoms with Crippen LogP contribution in [0.2, 0.25) is 0 Å². The first kappa shape index (κ1) is 12.9. The van der Waals surface area contributed by atoms with E-state index in [1.54, 1.807) is 7.11 Å². The maximum absolute atomic E-state index is 5.23. The molecule has 3 heteroatoms. The van der Waals surface area contributed by atoms with Crippen LogP contribution < -0.4 is 5.32 Å². The van der Waals surface area contributed by atoms with E-state index in [4.69, 9.17) is 4.74 Å². The maximum atomic E-state index is 5.23. The predicted octanol–water partition coefficient (Wildman–Crippen LogP) is 1.49. The minimum absolute atomic E-state index is 0.477. The van der Waals surface area contributed by atoms with Crippen LogP contribution in [-0.4, -0.2) is 50.8 Å². The molecular weight excluding hydrogens is 188 g/mol. The van der Waals surface area contributed by atoms with E-state index < -0.39 is 0 Å². The van der Waals surface area contributed by atoms with Crippen LogP contribution in [0.3, 0.4) is 0 Å². The van der Waals surface area contributed by atoms with Gasteiger partial charge in [-0.15, -0.1) is 0 Å². The topological polar surface area (TPSA) is 24.5 Å². The van der Waals surface area contributed by atoms with Gasteiger partial charge in [0.25, 0.3) is 0 Å². The number of hydrogen-bond donors (Lipinski definition) is 1. The summed E-state index contributed by atoms with van der Waals surface area (Å²) in [5, 5.41) is 3.47. The highest BCUT2D eigenvalue weighted by molar-refractivity contribution is 4.79. The van der Waals surface area contributed by atoms with Crippen molar-refractivity contribution in [2.75, 3.05) is 33.9 Å². The smallest absolute Gasteiger partial charge is 0.0628 e. The molecule has 0 aromatic carbocycles. The molecule has 0 amide bonds. The van der Waals surface area contributed by atoms with Crippen molar-refractivity contribution in [3.63, 3.8) is 0 Å². The average molecular weight is 214 g/mol. The molecule has 3 nitrogen and oxygen atoms in total. The summed E-state index contributed by atoms with van der Waals surface area (Å²) < 4.78 is 5.23. The molecular formula is C12H26N2O. The lowest BCUT2D eigenvalue weighted by Crippen LogP contribution is -2.45. The van der Waals surface area contributed by atoms with Gasteiger partial charge in [0, 0.05) is 25.7 Å².